The van der Waals surface area contributed by atoms with Crippen molar-refractivity contribution < 1.29 is 25.6 Å². The lowest BCUT2D eigenvalue weighted by molar-refractivity contribution is -0.142. The highest BCUT2D eigenvalue weighted by molar-refractivity contribution is 6.02. The Balaban J connectivity index is 0. The molecule has 6 heteroatoms. The first-order chi connectivity index (χ1) is 7.11. The minimum Gasteiger partial charge on any atom is -0.480 e. The molecule has 96 valence electrons. The van der Waals surface area contributed by atoms with Gasteiger partial charge in [-0.25, -0.2) is 0 Å². The first kappa shape index (κ1) is 17.6. The van der Waals surface area contributed by atoms with Gasteiger partial charge in [-0.05, 0) is 12.0 Å². The van der Waals surface area contributed by atoms with Crippen LogP contribution in [-0.4, -0.2) is 33.9 Å². The van der Waals surface area contributed by atoms with Crippen LogP contribution in [0.15, 0.2) is 30.3 Å². The number of carboxylic acids is 1. The number of hydrogen-bond acceptors (Lipinski definition) is 3. The van der Waals surface area contributed by atoms with Gasteiger partial charge in [0.25, 0.3) is 0 Å². The summed E-state index contributed by atoms with van der Waals surface area (Å²) in [6, 6.07) is 8.01. The van der Waals surface area contributed by atoms with E-state index in [0.29, 0.717) is 6.42 Å². The third-order valence-electron chi connectivity index (χ3n) is 2.12. The topological polar surface area (TPSA) is 143 Å². The molecule has 0 fully saturated rings. The quantitative estimate of drug-likeness (QED) is 0.635. The van der Waals surface area contributed by atoms with Crippen molar-refractivity contribution in [2.75, 3.05) is 0 Å². The SMILES string of the molecule is NC(C(=O)O)C(=O)CCc1ccccc1.O.O. The van der Waals surface area contributed by atoms with Crippen LogP contribution in [0.5, 0.6) is 0 Å². The van der Waals surface area contributed by atoms with Crippen LogP contribution < -0.4 is 5.73 Å². The van der Waals surface area contributed by atoms with E-state index < -0.39 is 17.8 Å². The molecule has 17 heavy (non-hydrogen) atoms. The molecule has 0 bridgehead atoms. The Hall–Kier alpha value is -1.76. The maximum absolute atomic E-state index is 11.3. The number of carbonyl (C=O) groups is 2. The van der Waals surface area contributed by atoms with Gasteiger partial charge in [-0.3, -0.25) is 9.59 Å². The first-order valence-corrected chi connectivity index (χ1v) is 4.66. The maximum Gasteiger partial charge on any atom is 0.328 e. The third-order valence-corrected chi connectivity index (χ3v) is 2.12. The number of nitrogens with two attached hydrogens (primary N) is 1. The summed E-state index contributed by atoms with van der Waals surface area (Å²) in [4.78, 5) is 21.7. The summed E-state index contributed by atoms with van der Waals surface area (Å²) in [5, 5.41) is 8.50. The lowest BCUT2D eigenvalue weighted by Crippen LogP contribution is -2.38. The third kappa shape index (κ3) is 5.76. The zero-order chi connectivity index (χ0) is 11.3. The van der Waals surface area contributed by atoms with Gasteiger partial charge in [0.15, 0.2) is 11.8 Å². The number of hydrogen-bond donors (Lipinski definition) is 2. The van der Waals surface area contributed by atoms with E-state index in [2.05, 4.69) is 0 Å². The number of aryl methyl sites for hydroxylation is 1. The molecule has 1 unspecified atom stereocenters. The van der Waals surface area contributed by atoms with Gasteiger partial charge >= 0.3 is 5.97 Å². The predicted octanol–water partition coefficient (Wildman–Crippen LogP) is -1.05. The first-order valence-electron chi connectivity index (χ1n) is 4.66. The lowest BCUT2D eigenvalue weighted by Gasteiger charge is -2.04. The number of carbonyl (C=O) groups excluding carboxylic acids is 1. The second kappa shape index (κ2) is 8.40. The van der Waals surface area contributed by atoms with Crippen molar-refractivity contribution in [3.05, 3.63) is 35.9 Å². The van der Waals surface area contributed by atoms with Gasteiger partial charge < -0.3 is 21.8 Å². The average Bonchev–Trinajstić information content (AvgIpc) is 2.26. The van der Waals surface area contributed by atoms with Gasteiger partial charge in [0.2, 0.25) is 0 Å². The minimum absolute atomic E-state index is 0. The summed E-state index contributed by atoms with van der Waals surface area (Å²) in [5.41, 5.74) is 6.18. The van der Waals surface area contributed by atoms with Crippen LogP contribution in [0.25, 0.3) is 0 Å². The predicted molar refractivity (Wildman–Crippen MR) is 62.6 cm³/mol. The fourth-order valence-electron chi connectivity index (χ4n) is 1.21. The van der Waals surface area contributed by atoms with Crippen LogP contribution in [0.1, 0.15) is 12.0 Å². The highest BCUT2D eigenvalue weighted by Gasteiger charge is 2.20. The molecule has 1 rings (SSSR count). The molecule has 6 nitrogen and oxygen atoms in total. The van der Waals surface area contributed by atoms with E-state index in [-0.39, 0.29) is 17.4 Å². The Labute approximate surface area is 98.7 Å². The molecule has 0 saturated carbocycles. The molecule has 1 aromatic rings. The van der Waals surface area contributed by atoms with Crippen molar-refractivity contribution in [3.63, 3.8) is 0 Å². The van der Waals surface area contributed by atoms with Gasteiger partial charge in [-0.1, -0.05) is 30.3 Å². The Morgan fingerprint density at radius 3 is 2.18 bits per heavy atom. The molecule has 0 amide bonds. The van der Waals surface area contributed by atoms with Gasteiger partial charge in [-0.2, -0.15) is 0 Å². The van der Waals surface area contributed by atoms with Crippen LogP contribution in [0.2, 0.25) is 0 Å². The minimum atomic E-state index is -1.39. The number of aliphatic carboxylic acids is 1. The summed E-state index contributed by atoms with van der Waals surface area (Å²) < 4.78 is 0. The van der Waals surface area contributed by atoms with Crippen molar-refractivity contribution in [2.24, 2.45) is 5.73 Å². The van der Waals surface area contributed by atoms with E-state index in [1.807, 2.05) is 30.3 Å². The average molecular weight is 243 g/mol. The summed E-state index contributed by atoms with van der Waals surface area (Å²) in [6.07, 6.45) is 0.693. The van der Waals surface area contributed by atoms with E-state index in [0.717, 1.165) is 5.56 Å². The number of carboxylic acid groups (broad SMARTS) is 1. The van der Waals surface area contributed by atoms with E-state index in [9.17, 15) is 9.59 Å². The number of benzene rings is 1. The number of rotatable bonds is 5. The largest absolute Gasteiger partial charge is 0.480 e. The Morgan fingerprint density at radius 1 is 1.18 bits per heavy atom. The molecule has 7 N–H and O–H groups in total. The molecule has 1 atom stereocenters. The Bertz CT molecular complexity index is 352. The van der Waals surface area contributed by atoms with E-state index >= 15 is 0 Å². The van der Waals surface area contributed by atoms with Crippen LogP contribution in [0, 0.1) is 0 Å². The highest BCUT2D eigenvalue weighted by atomic mass is 16.4. The molecule has 0 aliphatic rings. The molecule has 0 saturated heterocycles. The van der Waals surface area contributed by atoms with Crippen LogP contribution in [0.3, 0.4) is 0 Å². The zero-order valence-electron chi connectivity index (χ0n) is 9.22. The van der Waals surface area contributed by atoms with Crippen molar-refractivity contribution in [2.45, 2.75) is 18.9 Å². The molecular weight excluding hydrogens is 226 g/mol. The summed E-state index contributed by atoms with van der Waals surface area (Å²) in [7, 11) is 0. The zero-order valence-corrected chi connectivity index (χ0v) is 9.22. The fourth-order valence-corrected chi connectivity index (χ4v) is 1.21. The molecule has 1 aromatic carbocycles. The molecular formula is C11H17NO5. The van der Waals surface area contributed by atoms with Gasteiger partial charge in [-0.15, -0.1) is 0 Å². The molecule has 0 aromatic heterocycles. The summed E-state index contributed by atoms with van der Waals surface area (Å²) in [6.45, 7) is 0. The number of Topliss-reactive ketones (excluding diaryl/α,β-unsaturated/α-hetero) is 1. The molecule has 0 aliphatic heterocycles. The molecule has 0 aliphatic carbocycles. The van der Waals surface area contributed by atoms with Gasteiger partial charge in [0.05, 0.1) is 0 Å². The summed E-state index contributed by atoms with van der Waals surface area (Å²) in [5.74, 6) is -1.71. The lowest BCUT2D eigenvalue weighted by atomic mass is 10.0. The standard InChI is InChI=1S/C11H13NO3.2H2O/c12-10(11(14)15)9(13)7-6-8-4-2-1-3-5-8;;/h1-5,10H,6-7,12H2,(H,14,15);2*1H2. The second-order valence-electron chi connectivity index (χ2n) is 3.27. The smallest absolute Gasteiger partial charge is 0.328 e. The fraction of sp³-hybridized carbons (Fsp3) is 0.273. The summed E-state index contributed by atoms with van der Waals surface area (Å²) >= 11 is 0. The van der Waals surface area contributed by atoms with Crippen LogP contribution in [0.4, 0.5) is 0 Å². The van der Waals surface area contributed by atoms with E-state index in [1.54, 1.807) is 0 Å². The van der Waals surface area contributed by atoms with E-state index in [1.165, 1.54) is 0 Å². The molecule has 0 heterocycles. The van der Waals surface area contributed by atoms with Gasteiger partial charge in [0.1, 0.15) is 0 Å². The van der Waals surface area contributed by atoms with Crippen LogP contribution >= 0.6 is 0 Å². The number of ketones is 1. The molecule has 0 spiro atoms. The van der Waals surface area contributed by atoms with Crippen molar-refractivity contribution >= 4 is 11.8 Å². The van der Waals surface area contributed by atoms with Crippen molar-refractivity contribution in [1.29, 1.82) is 0 Å². The van der Waals surface area contributed by atoms with Gasteiger partial charge in [0, 0.05) is 6.42 Å². The van der Waals surface area contributed by atoms with Crippen molar-refractivity contribution in [1.82, 2.24) is 0 Å². The highest BCUT2D eigenvalue weighted by Crippen LogP contribution is 2.03. The maximum atomic E-state index is 11.3. The van der Waals surface area contributed by atoms with E-state index in [4.69, 9.17) is 10.8 Å². The normalized spacial score (nSPS) is 10.6. The van der Waals surface area contributed by atoms with Crippen molar-refractivity contribution in [3.8, 4) is 0 Å². The Morgan fingerprint density at radius 2 is 1.71 bits per heavy atom. The Kier molecular flexibility index (Phi) is 8.71. The second-order valence-corrected chi connectivity index (χ2v) is 3.27. The molecule has 0 radical (unpaired) electrons. The monoisotopic (exact) mass is 243 g/mol. The van der Waals surface area contributed by atoms with Crippen LogP contribution in [-0.2, 0) is 16.0 Å².